The molecule has 0 amide bonds. The standard InChI is InChI=1S/C20H27N.CH4O/c1-14-4-6-17(7-5-14)18-8-10-19(11-9-18)20-16(3)12-15(2)13-21-20;1-2/h8-14,17,20-21H,4-7H2,1-3H3;2H,1H3. The minimum atomic E-state index is 0.342. The van der Waals surface area contributed by atoms with Gasteiger partial charge >= 0.3 is 0 Å². The van der Waals surface area contributed by atoms with E-state index in [2.05, 4.69) is 62.6 Å². The first kappa shape index (κ1) is 17.8. The average molecular weight is 313 g/mol. The van der Waals surface area contributed by atoms with Gasteiger partial charge in [0, 0.05) is 13.3 Å². The number of hydrogen-bond acceptors (Lipinski definition) is 2. The van der Waals surface area contributed by atoms with Crippen LogP contribution >= 0.6 is 0 Å². The lowest BCUT2D eigenvalue weighted by Gasteiger charge is -2.27. The van der Waals surface area contributed by atoms with Crippen molar-refractivity contribution in [1.29, 1.82) is 0 Å². The van der Waals surface area contributed by atoms with Gasteiger partial charge < -0.3 is 10.4 Å². The Labute approximate surface area is 141 Å². The van der Waals surface area contributed by atoms with Gasteiger partial charge in [-0.2, -0.15) is 0 Å². The van der Waals surface area contributed by atoms with Crippen LogP contribution in [0, 0.1) is 5.92 Å². The highest BCUT2D eigenvalue weighted by Gasteiger charge is 2.20. The van der Waals surface area contributed by atoms with Gasteiger partial charge in [-0.05, 0) is 60.8 Å². The maximum Gasteiger partial charge on any atom is 0.0722 e. The summed E-state index contributed by atoms with van der Waals surface area (Å²) in [5, 5.41) is 10.5. The van der Waals surface area contributed by atoms with Crippen molar-refractivity contribution in [2.24, 2.45) is 5.92 Å². The van der Waals surface area contributed by atoms with Crippen molar-refractivity contribution in [2.45, 2.75) is 58.4 Å². The van der Waals surface area contributed by atoms with E-state index in [0.717, 1.165) is 18.9 Å². The summed E-state index contributed by atoms with van der Waals surface area (Å²) in [4.78, 5) is 0. The molecule has 0 saturated heterocycles. The summed E-state index contributed by atoms with van der Waals surface area (Å²) in [6.07, 6.45) is 9.91. The van der Waals surface area contributed by atoms with E-state index in [1.165, 1.54) is 48.0 Å². The lowest BCUT2D eigenvalue weighted by molar-refractivity contribution is 0.348. The number of benzene rings is 1. The predicted octanol–water partition coefficient (Wildman–Crippen LogP) is 5.08. The van der Waals surface area contributed by atoms with Gasteiger partial charge in [0.2, 0.25) is 0 Å². The molecule has 0 bridgehead atoms. The fraction of sp³-hybridized carbons (Fsp3) is 0.524. The fourth-order valence-corrected chi connectivity index (χ4v) is 3.74. The number of rotatable bonds is 2. The first-order valence-electron chi connectivity index (χ1n) is 8.79. The average Bonchev–Trinajstić information content (AvgIpc) is 2.58. The first-order valence-corrected chi connectivity index (χ1v) is 8.79. The van der Waals surface area contributed by atoms with Crippen molar-refractivity contribution in [3.63, 3.8) is 0 Å². The molecule has 2 heteroatoms. The molecule has 1 aliphatic heterocycles. The van der Waals surface area contributed by atoms with Crippen molar-refractivity contribution in [3.05, 3.63) is 58.8 Å². The maximum absolute atomic E-state index is 7.00. The minimum Gasteiger partial charge on any atom is -0.400 e. The van der Waals surface area contributed by atoms with E-state index in [1.807, 2.05) is 0 Å². The smallest absolute Gasteiger partial charge is 0.0722 e. The molecule has 1 unspecified atom stereocenters. The zero-order valence-electron chi connectivity index (χ0n) is 15.0. The highest BCUT2D eigenvalue weighted by atomic mass is 16.2. The van der Waals surface area contributed by atoms with Crippen LogP contribution in [0.25, 0.3) is 0 Å². The van der Waals surface area contributed by atoms with E-state index >= 15 is 0 Å². The molecule has 1 atom stereocenters. The maximum atomic E-state index is 7.00. The van der Waals surface area contributed by atoms with Crippen LogP contribution in [0.4, 0.5) is 0 Å². The van der Waals surface area contributed by atoms with Gasteiger partial charge in [-0.3, -0.25) is 0 Å². The second-order valence-corrected chi connectivity index (χ2v) is 7.00. The first-order chi connectivity index (χ1) is 11.1. The molecule has 0 radical (unpaired) electrons. The van der Waals surface area contributed by atoms with Crippen LogP contribution in [-0.4, -0.2) is 12.2 Å². The lowest BCUT2D eigenvalue weighted by atomic mass is 9.79. The summed E-state index contributed by atoms with van der Waals surface area (Å²) >= 11 is 0. The van der Waals surface area contributed by atoms with Crippen molar-refractivity contribution >= 4 is 0 Å². The van der Waals surface area contributed by atoms with Gasteiger partial charge in [0.25, 0.3) is 0 Å². The summed E-state index contributed by atoms with van der Waals surface area (Å²) < 4.78 is 0. The highest BCUT2D eigenvalue weighted by Crippen LogP contribution is 2.36. The number of hydrogen-bond donors (Lipinski definition) is 2. The molecular formula is C21H31NO. The predicted molar refractivity (Wildman–Crippen MR) is 98.3 cm³/mol. The van der Waals surface area contributed by atoms with Gasteiger partial charge in [-0.1, -0.05) is 50.1 Å². The van der Waals surface area contributed by atoms with Crippen LogP contribution in [0.2, 0.25) is 0 Å². The van der Waals surface area contributed by atoms with Gasteiger partial charge in [0.05, 0.1) is 6.04 Å². The molecular weight excluding hydrogens is 282 g/mol. The fourth-order valence-electron chi connectivity index (χ4n) is 3.74. The second kappa shape index (κ2) is 8.35. The topological polar surface area (TPSA) is 32.3 Å². The largest absolute Gasteiger partial charge is 0.400 e. The summed E-state index contributed by atoms with van der Waals surface area (Å²) in [6, 6.07) is 9.69. The van der Waals surface area contributed by atoms with Crippen molar-refractivity contribution in [3.8, 4) is 0 Å². The highest BCUT2D eigenvalue weighted by molar-refractivity contribution is 5.37. The Morgan fingerprint density at radius 1 is 0.913 bits per heavy atom. The Morgan fingerprint density at radius 2 is 1.48 bits per heavy atom. The molecule has 2 aliphatic rings. The minimum absolute atomic E-state index is 0.342. The summed E-state index contributed by atoms with van der Waals surface area (Å²) in [5.41, 5.74) is 5.61. The van der Waals surface area contributed by atoms with Gasteiger partial charge in [-0.25, -0.2) is 0 Å². The third-order valence-electron chi connectivity index (χ3n) is 5.15. The summed E-state index contributed by atoms with van der Waals surface area (Å²) in [7, 11) is 1.00. The number of allylic oxidation sites excluding steroid dienone is 2. The molecule has 1 fully saturated rings. The van der Waals surface area contributed by atoms with Crippen LogP contribution < -0.4 is 5.32 Å². The van der Waals surface area contributed by atoms with Gasteiger partial charge in [-0.15, -0.1) is 0 Å². The third kappa shape index (κ3) is 4.48. The molecule has 0 aromatic heterocycles. The lowest BCUT2D eigenvalue weighted by Crippen LogP contribution is -2.20. The molecule has 1 aromatic rings. The van der Waals surface area contributed by atoms with Crippen molar-refractivity contribution in [1.82, 2.24) is 5.32 Å². The Kier molecular flexibility index (Phi) is 6.47. The Bertz CT molecular complexity index is 548. The quantitative estimate of drug-likeness (QED) is 0.797. The Hall–Kier alpha value is -1.54. The number of nitrogens with one attached hydrogen (secondary N) is 1. The molecule has 1 saturated carbocycles. The van der Waals surface area contributed by atoms with Crippen molar-refractivity contribution in [2.75, 3.05) is 7.11 Å². The third-order valence-corrected chi connectivity index (χ3v) is 5.15. The SMILES string of the molecule is CC1=CNC(c2ccc(C3CCC(C)CC3)cc2)C(C)=C1.CO. The van der Waals surface area contributed by atoms with Gasteiger partial charge in [0.15, 0.2) is 0 Å². The molecule has 1 aliphatic carbocycles. The van der Waals surface area contributed by atoms with Crippen LogP contribution in [0.15, 0.2) is 47.7 Å². The number of dihydropyridines is 1. The normalized spacial score (nSPS) is 27.1. The van der Waals surface area contributed by atoms with E-state index < -0.39 is 0 Å². The molecule has 2 nitrogen and oxygen atoms in total. The summed E-state index contributed by atoms with van der Waals surface area (Å²) in [5.74, 6) is 1.71. The van der Waals surface area contributed by atoms with Gasteiger partial charge in [0.1, 0.15) is 0 Å². The molecule has 2 N–H and O–H groups in total. The second-order valence-electron chi connectivity index (χ2n) is 7.00. The van der Waals surface area contributed by atoms with E-state index in [-0.39, 0.29) is 0 Å². The molecule has 3 rings (SSSR count). The number of aliphatic hydroxyl groups excluding tert-OH is 1. The van der Waals surface area contributed by atoms with Crippen LogP contribution in [0.5, 0.6) is 0 Å². The Morgan fingerprint density at radius 3 is 2.04 bits per heavy atom. The monoisotopic (exact) mass is 313 g/mol. The molecule has 1 aromatic carbocycles. The zero-order chi connectivity index (χ0) is 16.8. The zero-order valence-corrected chi connectivity index (χ0v) is 15.0. The van der Waals surface area contributed by atoms with Crippen LogP contribution in [0.1, 0.15) is 69.5 Å². The summed E-state index contributed by atoms with van der Waals surface area (Å²) in [6.45, 7) is 6.74. The molecule has 1 heterocycles. The Balaban J connectivity index is 0.000000924. The van der Waals surface area contributed by atoms with E-state index in [0.29, 0.717) is 6.04 Å². The molecule has 126 valence electrons. The van der Waals surface area contributed by atoms with E-state index in [1.54, 1.807) is 0 Å². The molecule has 0 spiro atoms. The van der Waals surface area contributed by atoms with E-state index in [4.69, 9.17) is 5.11 Å². The number of aliphatic hydroxyl groups is 1. The molecule has 23 heavy (non-hydrogen) atoms. The van der Waals surface area contributed by atoms with E-state index in [9.17, 15) is 0 Å². The van der Waals surface area contributed by atoms with Crippen molar-refractivity contribution < 1.29 is 5.11 Å². The van der Waals surface area contributed by atoms with Crippen LogP contribution in [-0.2, 0) is 0 Å². The van der Waals surface area contributed by atoms with Crippen LogP contribution in [0.3, 0.4) is 0 Å².